The molecule has 0 fully saturated rings. The van der Waals surface area contributed by atoms with E-state index < -0.39 is 0 Å². The highest BCUT2D eigenvalue weighted by atomic mass is 32.2. The van der Waals surface area contributed by atoms with Crippen LogP contribution in [-0.2, 0) is 5.75 Å². The highest BCUT2D eigenvalue weighted by molar-refractivity contribution is 7.98. The standard InChI is InChI=1S/C12H17N3OS2/c1-6(13)4-17-5-9-14-11(16)10-7(2)8(3)18-12(10)15-9/h6H,4-5,13H2,1-3H3,(H,14,15,16). The van der Waals surface area contributed by atoms with E-state index in [9.17, 15) is 4.79 Å². The molecular weight excluding hydrogens is 266 g/mol. The van der Waals surface area contributed by atoms with Crippen molar-refractivity contribution in [1.29, 1.82) is 0 Å². The number of thioether (sulfide) groups is 1. The van der Waals surface area contributed by atoms with E-state index in [2.05, 4.69) is 9.97 Å². The number of aromatic nitrogens is 2. The predicted octanol–water partition coefficient (Wildman–Crippen LogP) is 2.18. The number of H-pyrrole nitrogens is 1. The van der Waals surface area contributed by atoms with Crippen molar-refractivity contribution in [3.8, 4) is 0 Å². The largest absolute Gasteiger partial charge is 0.327 e. The normalized spacial score (nSPS) is 13.1. The number of aryl methyl sites for hydroxylation is 2. The van der Waals surface area contributed by atoms with Crippen molar-refractivity contribution in [2.45, 2.75) is 32.6 Å². The van der Waals surface area contributed by atoms with Gasteiger partial charge in [-0.15, -0.1) is 11.3 Å². The third-order valence-electron chi connectivity index (χ3n) is 2.71. The van der Waals surface area contributed by atoms with E-state index in [4.69, 9.17) is 5.73 Å². The minimum atomic E-state index is -0.0294. The fraction of sp³-hybridized carbons (Fsp3) is 0.500. The van der Waals surface area contributed by atoms with Gasteiger partial charge in [0.05, 0.1) is 11.1 Å². The number of nitrogens with one attached hydrogen (secondary N) is 1. The van der Waals surface area contributed by atoms with E-state index in [0.717, 1.165) is 32.2 Å². The van der Waals surface area contributed by atoms with E-state index in [1.807, 2.05) is 20.8 Å². The molecule has 18 heavy (non-hydrogen) atoms. The van der Waals surface area contributed by atoms with Crippen LogP contribution in [0.1, 0.15) is 23.2 Å². The van der Waals surface area contributed by atoms with Gasteiger partial charge in [0.1, 0.15) is 10.7 Å². The molecule has 0 aromatic carbocycles. The van der Waals surface area contributed by atoms with Crippen molar-refractivity contribution in [3.05, 3.63) is 26.6 Å². The molecule has 0 aliphatic heterocycles. The summed E-state index contributed by atoms with van der Waals surface area (Å²) < 4.78 is 0. The minimum absolute atomic E-state index is 0.0294. The zero-order valence-corrected chi connectivity index (χ0v) is 12.4. The van der Waals surface area contributed by atoms with Crippen LogP contribution in [0.3, 0.4) is 0 Å². The summed E-state index contributed by atoms with van der Waals surface area (Å²) in [5, 5.41) is 0.735. The number of nitrogens with two attached hydrogens (primary N) is 1. The quantitative estimate of drug-likeness (QED) is 0.902. The van der Waals surface area contributed by atoms with E-state index in [0.29, 0.717) is 5.75 Å². The maximum Gasteiger partial charge on any atom is 0.259 e. The van der Waals surface area contributed by atoms with Crippen LogP contribution in [-0.4, -0.2) is 21.8 Å². The zero-order chi connectivity index (χ0) is 13.3. The molecule has 2 heterocycles. The second-order valence-electron chi connectivity index (χ2n) is 4.47. The van der Waals surface area contributed by atoms with Crippen LogP contribution < -0.4 is 11.3 Å². The van der Waals surface area contributed by atoms with Gasteiger partial charge in [-0.2, -0.15) is 11.8 Å². The van der Waals surface area contributed by atoms with Crippen LogP contribution >= 0.6 is 23.1 Å². The average molecular weight is 283 g/mol. The molecule has 0 aliphatic carbocycles. The maximum atomic E-state index is 12.0. The minimum Gasteiger partial charge on any atom is -0.327 e. The smallest absolute Gasteiger partial charge is 0.259 e. The fourth-order valence-corrected chi connectivity index (χ4v) is 3.58. The number of aromatic amines is 1. The summed E-state index contributed by atoms with van der Waals surface area (Å²) in [6, 6.07) is 0.164. The summed E-state index contributed by atoms with van der Waals surface area (Å²) in [5.41, 5.74) is 6.70. The molecule has 2 aromatic heterocycles. The number of rotatable bonds is 4. The Labute approximate surface area is 114 Å². The van der Waals surface area contributed by atoms with Gasteiger partial charge in [-0.3, -0.25) is 4.79 Å². The lowest BCUT2D eigenvalue weighted by atomic mass is 10.2. The zero-order valence-electron chi connectivity index (χ0n) is 10.7. The lowest BCUT2D eigenvalue weighted by Crippen LogP contribution is -2.18. The van der Waals surface area contributed by atoms with Crippen molar-refractivity contribution < 1.29 is 0 Å². The first-order chi connectivity index (χ1) is 8.49. The van der Waals surface area contributed by atoms with Crippen molar-refractivity contribution in [2.75, 3.05) is 5.75 Å². The molecule has 0 saturated heterocycles. The Morgan fingerprint density at radius 1 is 1.50 bits per heavy atom. The van der Waals surface area contributed by atoms with Gasteiger partial charge in [0, 0.05) is 16.7 Å². The van der Waals surface area contributed by atoms with Crippen LogP contribution in [0, 0.1) is 13.8 Å². The number of thiophene rings is 1. The molecule has 6 heteroatoms. The van der Waals surface area contributed by atoms with Crippen LogP contribution in [0.2, 0.25) is 0 Å². The number of nitrogens with zero attached hydrogens (tertiary/aromatic N) is 1. The molecule has 1 unspecified atom stereocenters. The van der Waals surface area contributed by atoms with Crippen LogP contribution in [0.5, 0.6) is 0 Å². The SMILES string of the molecule is Cc1sc2nc(CSCC(C)N)[nH]c(=O)c2c1C. The van der Waals surface area contributed by atoms with Gasteiger partial charge in [0.2, 0.25) is 0 Å². The van der Waals surface area contributed by atoms with Gasteiger partial charge in [-0.25, -0.2) is 4.98 Å². The number of fused-ring (bicyclic) bond motifs is 1. The average Bonchev–Trinajstić information content (AvgIpc) is 2.54. The van der Waals surface area contributed by atoms with Crippen LogP contribution in [0.4, 0.5) is 0 Å². The highest BCUT2D eigenvalue weighted by Gasteiger charge is 2.11. The third-order valence-corrected chi connectivity index (χ3v) is 5.05. The molecule has 2 aromatic rings. The van der Waals surface area contributed by atoms with Gasteiger partial charge in [0.25, 0.3) is 5.56 Å². The lowest BCUT2D eigenvalue weighted by molar-refractivity contribution is 0.846. The Balaban J connectivity index is 2.29. The van der Waals surface area contributed by atoms with E-state index >= 15 is 0 Å². The van der Waals surface area contributed by atoms with Crippen molar-refractivity contribution in [1.82, 2.24) is 9.97 Å². The topological polar surface area (TPSA) is 71.8 Å². The summed E-state index contributed by atoms with van der Waals surface area (Å²) in [4.78, 5) is 21.4. The molecule has 4 nitrogen and oxygen atoms in total. The van der Waals surface area contributed by atoms with Crippen LogP contribution in [0.15, 0.2) is 4.79 Å². The Hall–Kier alpha value is -0.850. The van der Waals surface area contributed by atoms with E-state index in [-0.39, 0.29) is 11.6 Å². The molecule has 98 valence electrons. The summed E-state index contributed by atoms with van der Waals surface area (Å²) in [6.07, 6.45) is 0. The summed E-state index contributed by atoms with van der Waals surface area (Å²) in [5.74, 6) is 2.30. The summed E-state index contributed by atoms with van der Waals surface area (Å²) in [7, 11) is 0. The van der Waals surface area contributed by atoms with Gasteiger partial charge >= 0.3 is 0 Å². The summed E-state index contributed by atoms with van der Waals surface area (Å²) in [6.45, 7) is 5.96. The maximum absolute atomic E-state index is 12.0. The molecule has 0 radical (unpaired) electrons. The predicted molar refractivity (Wildman–Crippen MR) is 79.5 cm³/mol. The Kier molecular flexibility index (Phi) is 4.09. The van der Waals surface area contributed by atoms with Crippen molar-refractivity contribution >= 4 is 33.3 Å². The number of hydrogen-bond donors (Lipinski definition) is 2. The lowest BCUT2D eigenvalue weighted by Gasteiger charge is -2.04. The van der Waals surface area contributed by atoms with E-state index in [1.165, 1.54) is 0 Å². The first-order valence-corrected chi connectivity index (χ1v) is 7.78. The van der Waals surface area contributed by atoms with Crippen molar-refractivity contribution in [2.24, 2.45) is 5.73 Å². The molecule has 1 atom stereocenters. The van der Waals surface area contributed by atoms with Gasteiger partial charge in [-0.05, 0) is 26.3 Å². The summed E-state index contributed by atoms with van der Waals surface area (Å²) >= 11 is 3.27. The molecule has 2 rings (SSSR count). The van der Waals surface area contributed by atoms with Crippen molar-refractivity contribution in [3.63, 3.8) is 0 Å². The molecule has 0 aliphatic rings. The Morgan fingerprint density at radius 3 is 2.89 bits per heavy atom. The van der Waals surface area contributed by atoms with Gasteiger partial charge in [-0.1, -0.05) is 0 Å². The first-order valence-electron chi connectivity index (χ1n) is 5.81. The third kappa shape index (κ3) is 2.76. The first kappa shape index (κ1) is 13.6. The van der Waals surface area contributed by atoms with Crippen LogP contribution in [0.25, 0.3) is 10.2 Å². The van der Waals surface area contributed by atoms with Gasteiger partial charge < -0.3 is 10.7 Å². The molecule has 0 spiro atoms. The Bertz CT molecular complexity index is 616. The molecular formula is C12H17N3OS2. The molecule has 0 bridgehead atoms. The highest BCUT2D eigenvalue weighted by Crippen LogP contribution is 2.26. The number of hydrogen-bond acceptors (Lipinski definition) is 5. The second-order valence-corrected chi connectivity index (χ2v) is 6.70. The van der Waals surface area contributed by atoms with Gasteiger partial charge in [0.15, 0.2) is 0 Å². The van der Waals surface area contributed by atoms with E-state index in [1.54, 1.807) is 23.1 Å². The fourth-order valence-electron chi connectivity index (χ4n) is 1.71. The second kappa shape index (κ2) is 5.42. The Morgan fingerprint density at radius 2 is 2.22 bits per heavy atom. The monoisotopic (exact) mass is 283 g/mol. The molecule has 3 N–H and O–H groups in total. The molecule has 0 amide bonds. The molecule has 0 saturated carbocycles.